The van der Waals surface area contributed by atoms with E-state index in [1.54, 1.807) is 0 Å². The summed E-state index contributed by atoms with van der Waals surface area (Å²) in [6.07, 6.45) is 0. The predicted molar refractivity (Wildman–Crippen MR) is 81.0 cm³/mol. The molecule has 0 amide bonds. The highest BCUT2D eigenvalue weighted by atomic mass is 79.9. The van der Waals surface area contributed by atoms with E-state index in [1.165, 1.54) is 17.0 Å². The van der Waals surface area contributed by atoms with Crippen molar-refractivity contribution in [3.63, 3.8) is 0 Å². The van der Waals surface area contributed by atoms with E-state index < -0.39 is 0 Å². The highest BCUT2D eigenvalue weighted by Crippen LogP contribution is 2.28. The molecule has 1 saturated heterocycles. The molecule has 1 aromatic rings. The van der Waals surface area contributed by atoms with Crippen LogP contribution in [0.5, 0.6) is 0 Å². The molecule has 1 aliphatic rings. The van der Waals surface area contributed by atoms with Crippen LogP contribution in [0.25, 0.3) is 0 Å². The maximum absolute atomic E-state index is 3.55. The summed E-state index contributed by atoms with van der Waals surface area (Å²) in [5.41, 5.74) is 2.76. The molecule has 2 rings (SSSR count). The van der Waals surface area contributed by atoms with E-state index in [-0.39, 0.29) is 0 Å². The molecule has 0 radical (unpaired) electrons. The van der Waals surface area contributed by atoms with E-state index in [1.807, 2.05) is 7.05 Å². The lowest BCUT2D eigenvalue weighted by molar-refractivity contribution is 0.760. The summed E-state index contributed by atoms with van der Waals surface area (Å²) in [6.45, 7) is 5.55. The zero-order chi connectivity index (χ0) is 12.3. The van der Waals surface area contributed by atoms with E-state index >= 15 is 0 Å². The Balaban J connectivity index is 2.23. The number of halogens is 1. The number of benzene rings is 1. The molecule has 0 spiro atoms. The second-order valence-corrected chi connectivity index (χ2v) is 6.89. The van der Waals surface area contributed by atoms with Crippen LogP contribution in [-0.2, 0) is 6.54 Å². The Morgan fingerprint density at radius 2 is 2.35 bits per heavy atom. The van der Waals surface area contributed by atoms with Gasteiger partial charge in [0.15, 0.2) is 0 Å². The Morgan fingerprint density at radius 1 is 1.53 bits per heavy atom. The Labute approximate surface area is 116 Å². The highest BCUT2D eigenvalue weighted by Gasteiger charge is 2.19. The second-order valence-electron chi connectivity index (χ2n) is 4.43. The third-order valence-electron chi connectivity index (χ3n) is 2.99. The molecular weight excluding hydrogens is 296 g/mol. The largest absolute Gasteiger partial charge is 0.369 e. The van der Waals surface area contributed by atoms with Crippen molar-refractivity contribution >= 4 is 33.4 Å². The summed E-state index contributed by atoms with van der Waals surface area (Å²) >= 11 is 5.62. The minimum absolute atomic E-state index is 0.731. The van der Waals surface area contributed by atoms with Gasteiger partial charge in [-0.1, -0.05) is 22.9 Å². The van der Waals surface area contributed by atoms with Crippen molar-refractivity contribution in [3.05, 3.63) is 28.2 Å². The van der Waals surface area contributed by atoms with Crippen LogP contribution in [0.2, 0.25) is 0 Å². The Bertz CT molecular complexity index is 384. The zero-order valence-corrected chi connectivity index (χ0v) is 12.8. The molecule has 1 fully saturated rings. The molecule has 1 unspecified atom stereocenters. The van der Waals surface area contributed by atoms with E-state index in [2.05, 4.69) is 63.0 Å². The number of thioether (sulfide) groups is 1. The van der Waals surface area contributed by atoms with E-state index in [9.17, 15) is 0 Å². The molecule has 94 valence electrons. The summed E-state index contributed by atoms with van der Waals surface area (Å²) in [4.78, 5) is 2.51. The van der Waals surface area contributed by atoms with Crippen molar-refractivity contribution in [2.45, 2.75) is 18.7 Å². The first-order valence-corrected chi connectivity index (χ1v) is 7.84. The standard InChI is InChI=1S/C13H19BrN2S/c1-10-9-16(5-6-17-10)13-4-3-12(14)7-11(13)8-15-2/h3-4,7,10,15H,5-6,8-9H2,1-2H3. The molecule has 1 heterocycles. The molecule has 0 aliphatic carbocycles. The molecule has 1 aliphatic heterocycles. The monoisotopic (exact) mass is 314 g/mol. The van der Waals surface area contributed by atoms with Gasteiger partial charge in [0.25, 0.3) is 0 Å². The van der Waals surface area contributed by atoms with E-state index in [0.29, 0.717) is 0 Å². The SMILES string of the molecule is CNCc1cc(Br)ccc1N1CCSC(C)C1. The van der Waals surface area contributed by atoms with Gasteiger partial charge in [0, 0.05) is 40.8 Å². The Hall–Kier alpha value is -0.190. The minimum Gasteiger partial charge on any atom is -0.369 e. The van der Waals surface area contributed by atoms with Crippen LogP contribution in [0, 0.1) is 0 Å². The number of hydrogen-bond acceptors (Lipinski definition) is 3. The fourth-order valence-electron chi connectivity index (χ4n) is 2.23. The van der Waals surface area contributed by atoms with E-state index in [4.69, 9.17) is 0 Å². The van der Waals surface area contributed by atoms with Gasteiger partial charge < -0.3 is 10.2 Å². The molecule has 4 heteroatoms. The third-order valence-corrected chi connectivity index (χ3v) is 4.62. The molecule has 1 aromatic carbocycles. The molecular formula is C13H19BrN2S. The number of nitrogens with zero attached hydrogens (tertiary/aromatic N) is 1. The smallest absolute Gasteiger partial charge is 0.0413 e. The fourth-order valence-corrected chi connectivity index (χ4v) is 3.65. The molecule has 2 nitrogen and oxygen atoms in total. The van der Waals surface area contributed by atoms with Crippen molar-refractivity contribution in [1.82, 2.24) is 5.32 Å². The summed E-state index contributed by atoms with van der Waals surface area (Å²) in [7, 11) is 2.00. The van der Waals surface area contributed by atoms with Crippen molar-refractivity contribution in [2.24, 2.45) is 0 Å². The van der Waals surface area contributed by atoms with Crippen molar-refractivity contribution < 1.29 is 0 Å². The number of rotatable bonds is 3. The third kappa shape index (κ3) is 3.39. The van der Waals surface area contributed by atoms with Crippen LogP contribution in [-0.4, -0.2) is 31.1 Å². The van der Waals surface area contributed by atoms with Crippen LogP contribution in [0.3, 0.4) is 0 Å². The molecule has 0 saturated carbocycles. The second kappa shape index (κ2) is 6.12. The van der Waals surface area contributed by atoms with Crippen molar-refractivity contribution in [1.29, 1.82) is 0 Å². The van der Waals surface area contributed by atoms with Gasteiger partial charge >= 0.3 is 0 Å². The summed E-state index contributed by atoms with van der Waals surface area (Å²) in [6, 6.07) is 6.60. The van der Waals surface area contributed by atoms with Crippen LogP contribution in [0.1, 0.15) is 12.5 Å². The average Bonchev–Trinajstić information content (AvgIpc) is 2.29. The first-order valence-electron chi connectivity index (χ1n) is 6.00. The maximum atomic E-state index is 3.55. The van der Waals surface area contributed by atoms with Gasteiger partial charge in [0.1, 0.15) is 0 Å². The van der Waals surface area contributed by atoms with Gasteiger partial charge in [-0.05, 0) is 30.8 Å². The van der Waals surface area contributed by atoms with Crippen LogP contribution < -0.4 is 10.2 Å². The Morgan fingerprint density at radius 3 is 3.06 bits per heavy atom. The molecule has 1 atom stereocenters. The molecule has 0 aromatic heterocycles. The fraction of sp³-hybridized carbons (Fsp3) is 0.538. The Kier molecular flexibility index (Phi) is 4.77. The van der Waals surface area contributed by atoms with E-state index in [0.717, 1.165) is 29.4 Å². The lowest BCUT2D eigenvalue weighted by Crippen LogP contribution is -2.37. The van der Waals surface area contributed by atoms with Crippen molar-refractivity contribution in [2.75, 3.05) is 30.8 Å². The van der Waals surface area contributed by atoms with Crippen LogP contribution >= 0.6 is 27.7 Å². The minimum atomic E-state index is 0.731. The van der Waals surface area contributed by atoms with Gasteiger partial charge in [-0.3, -0.25) is 0 Å². The lowest BCUT2D eigenvalue weighted by atomic mass is 10.1. The van der Waals surface area contributed by atoms with Gasteiger partial charge in [0.05, 0.1) is 0 Å². The first-order chi connectivity index (χ1) is 8.20. The summed E-state index contributed by atoms with van der Waals surface area (Å²) in [5.74, 6) is 1.23. The quantitative estimate of drug-likeness (QED) is 0.923. The number of anilines is 1. The maximum Gasteiger partial charge on any atom is 0.0413 e. The summed E-state index contributed by atoms with van der Waals surface area (Å²) < 4.78 is 1.16. The average molecular weight is 315 g/mol. The molecule has 0 bridgehead atoms. The van der Waals surface area contributed by atoms with Crippen LogP contribution in [0.15, 0.2) is 22.7 Å². The number of hydrogen-bond donors (Lipinski definition) is 1. The predicted octanol–water partition coefficient (Wildman–Crippen LogP) is 3.11. The highest BCUT2D eigenvalue weighted by molar-refractivity contribution is 9.10. The lowest BCUT2D eigenvalue weighted by Gasteiger charge is -2.34. The van der Waals surface area contributed by atoms with Crippen molar-refractivity contribution in [3.8, 4) is 0 Å². The van der Waals surface area contributed by atoms with Gasteiger partial charge in [-0.25, -0.2) is 0 Å². The van der Waals surface area contributed by atoms with Gasteiger partial charge in [-0.15, -0.1) is 0 Å². The first kappa shape index (κ1) is 13.2. The van der Waals surface area contributed by atoms with Gasteiger partial charge in [-0.2, -0.15) is 11.8 Å². The van der Waals surface area contributed by atoms with Gasteiger partial charge in [0.2, 0.25) is 0 Å². The molecule has 1 N–H and O–H groups in total. The summed E-state index contributed by atoms with van der Waals surface area (Å²) in [5, 5.41) is 3.98. The normalized spacial score (nSPS) is 20.6. The number of nitrogens with one attached hydrogen (secondary N) is 1. The van der Waals surface area contributed by atoms with Crippen LogP contribution in [0.4, 0.5) is 5.69 Å². The topological polar surface area (TPSA) is 15.3 Å². The zero-order valence-electron chi connectivity index (χ0n) is 10.4. The molecule has 17 heavy (non-hydrogen) atoms.